The third-order valence-corrected chi connectivity index (χ3v) is 5.36. The smallest absolute Gasteiger partial charge is 0.00954 e. The molecule has 0 unspecified atom stereocenters. The van der Waals surface area contributed by atoms with Crippen LogP contribution in [0.4, 0.5) is 0 Å². The van der Waals surface area contributed by atoms with E-state index in [0.717, 1.165) is 23.8 Å². The molecule has 1 aromatic rings. The van der Waals surface area contributed by atoms with Crippen molar-refractivity contribution in [1.29, 1.82) is 0 Å². The molecule has 0 N–H and O–H groups in total. The van der Waals surface area contributed by atoms with E-state index in [4.69, 9.17) is 0 Å². The Kier molecular flexibility index (Phi) is 3.93. The molecule has 1 aliphatic heterocycles. The van der Waals surface area contributed by atoms with Crippen LogP contribution in [0, 0.1) is 11.8 Å². The van der Waals surface area contributed by atoms with Crippen molar-refractivity contribution in [2.24, 2.45) is 11.8 Å². The normalized spacial score (nSPS) is 29.4. The van der Waals surface area contributed by atoms with Crippen molar-refractivity contribution in [1.82, 2.24) is 4.90 Å². The zero-order valence-electron chi connectivity index (χ0n) is 12.4. The van der Waals surface area contributed by atoms with Crippen molar-refractivity contribution in [2.45, 2.75) is 51.5 Å². The molecule has 1 heterocycles. The molecule has 2 fully saturated rings. The Morgan fingerprint density at radius 3 is 2.37 bits per heavy atom. The Bertz CT molecular complexity index is 393. The van der Waals surface area contributed by atoms with Crippen LogP contribution in [0.3, 0.4) is 0 Å². The molecule has 1 saturated carbocycles. The van der Waals surface area contributed by atoms with Crippen molar-refractivity contribution in [3.05, 3.63) is 35.9 Å². The third-order valence-electron chi connectivity index (χ3n) is 5.36. The highest BCUT2D eigenvalue weighted by molar-refractivity contribution is 5.21. The first-order valence-electron chi connectivity index (χ1n) is 8.04. The molecule has 1 saturated heterocycles. The summed E-state index contributed by atoms with van der Waals surface area (Å²) >= 11 is 0. The zero-order chi connectivity index (χ0) is 13.2. The second kappa shape index (κ2) is 5.66. The van der Waals surface area contributed by atoms with Crippen LogP contribution in [0.5, 0.6) is 0 Å². The first-order valence-corrected chi connectivity index (χ1v) is 8.04. The minimum Gasteiger partial charge on any atom is -0.300 e. The zero-order valence-corrected chi connectivity index (χ0v) is 12.4. The lowest BCUT2D eigenvalue weighted by atomic mass is 9.74. The SMILES string of the molecule is CC(C)[C@@H]1CN(C2CCC2)CC[C@@H]1c1ccccc1. The van der Waals surface area contributed by atoms with Gasteiger partial charge < -0.3 is 4.90 Å². The molecule has 104 valence electrons. The Morgan fingerprint density at radius 1 is 1.05 bits per heavy atom. The third kappa shape index (κ3) is 2.72. The van der Waals surface area contributed by atoms with Crippen LogP contribution in [0.1, 0.15) is 51.0 Å². The van der Waals surface area contributed by atoms with Crippen LogP contribution in [-0.4, -0.2) is 24.0 Å². The lowest BCUT2D eigenvalue weighted by Gasteiger charge is -2.46. The van der Waals surface area contributed by atoms with E-state index in [-0.39, 0.29) is 0 Å². The number of hydrogen-bond acceptors (Lipinski definition) is 1. The molecule has 1 aromatic carbocycles. The molecule has 1 nitrogen and oxygen atoms in total. The first kappa shape index (κ1) is 13.2. The summed E-state index contributed by atoms with van der Waals surface area (Å²) in [6.07, 6.45) is 5.70. The fraction of sp³-hybridized carbons (Fsp3) is 0.667. The summed E-state index contributed by atoms with van der Waals surface area (Å²) in [5.74, 6) is 2.39. The largest absolute Gasteiger partial charge is 0.300 e. The predicted octanol–water partition coefficient (Wildman–Crippen LogP) is 4.30. The minimum absolute atomic E-state index is 0.775. The standard InChI is InChI=1S/C18H27N/c1-14(2)18-13-19(16-9-6-10-16)12-11-17(18)15-7-4-3-5-8-15/h3-5,7-8,14,16-18H,6,9-13H2,1-2H3/t17-,18+/m1/s1. The van der Waals surface area contributed by atoms with Crippen LogP contribution < -0.4 is 0 Å². The quantitative estimate of drug-likeness (QED) is 0.780. The number of likely N-dealkylation sites (tertiary alicyclic amines) is 1. The van der Waals surface area contributed by atoms with Crippen molar-refractivity contribution in [3.63, 3.8) is 0 Å². The van der Waals surface area contributed by atoms with Crippen LogP contribution in [-0.2, 0) is 0 Å². The second-order valence-electron chi connectivity index (χ2n) is 6.79. The van der Waals surface area contributed by atoms with Gasteiger partial charge >= 0.3 is 0 Å². The van der Waals surface area contributed by atoms with E-state index >= 15 is 0 Å². The topological polar surface area (TPSA) is 3.24 Å². The fourth-order valence-electron chi connectivity index (χ4n) is 3.88. The van der Waals surface area contributed by atoms with Gasteiger partial charge in [-0.2, -0.15) is 0 Å². The van der Waals surface area contributed by atoms with Crippen molar-refractivity contribution < 1.29 is 0 Å². The van der Waals surface area contributed by atoms with Gasteiger partial charge in [-0.1, -0.05) is 50.6 Å². The molecule has 19 heavy (non-hydrogen) atoms. The minimum atomic E-state index is 0.775. The maximum Gasteiger partial charge on any atom is 0.00954 e. The van der Waals surface area contributed by atoms with Gasteiger partial charge in [-0.3, -0.25) is 0 Å². The summed E-state index contributed by atoms with van der Waals surface area (Å²) in [4.78, 5) is 2.79. The molecule has 2 atom stereocenters. The summed E-state index contributed by atoms with van der Waals surface area (Å²) in [5.41, 5.74) is 1.56. The van der Waals surface area contributed by atoms with Gasteiger partial charge in [0.25, 0.3) is 0 Å². The van der Waals surface area contributed by atoms with E-state index < -0.39 is 0 Å². The van der Waals surface area contributed by atoms with Crippen LogP contribution >= 0.6 is 0 Å². The lowest BCUT2D eigenvalue weighted by Crippen LogP contribution is -2.49. The molecule has 1 heteroatoms. The van der Waals surface area contributed by atoms with Crippen LogP contribution in [0.25, 0.3) is 0 Å². The molecule has 0 aromatic heterocycles. The van der Waals surface area contributed by atoms with E-state index in [1.165, 1.54) is 38.8 Å². The number of hydrogen-bond donors (Lipinski definition) is 0. The number of piperidine rings is 1. The molecule has 0 radical (unpaired) electrons. The molecule has 2 aliphatic rings. The first-order chi connectivity index (χ1) is 9.25. The van der Waals surface area contributed by atoms with E-state index in [1.807, 2.05) is 0 Å². The number of rotatable bonds is 3. The van der Waals surface area contributed by atoms with Crippen LogP contribution in [0.2, 0.25) is 0 Å². The van der Waals surface area contributed by atoms with Gasteiger partial charge in [0.2, 0.25) is 0 Å². The van der Waals surface area contributed by atoms with Gasteiger partial charge in [-0.05, 0) is 49.1 Å². The molecule has 0 spiro atoms. The Morgan fingerprint density at radius 2 is 1.79 bits per heavy atom. The van der Waals surface area contributed by atoms with E-state index in [2.05, 4.69) is 49.1 Å². The lowest BCUT2D eigenvalue weighted by molar-refractivity contribution is 0.0508. The molecule has 0 bridgehead atoms. The van der Waals surface area contributed by atoms with Crippen LogP contribution in [0.15, 0.2) is 30.3 Å². The molecule has 3 rings (SSSR count). The van der Waals surface area contributed by atoms with Crippen molar-refractivity contribution in [2.75, 3.05) is 13.1 Å². The Labute approximate surface area is 118 Å². The monoisotopic (exact) mass is 257 g/mol. The molecular weight excluding hydrogens is 230 g/mol. The highest BCUT2D eigenvalue weighted by atomic mass is 15.2. The van der Waals surface area contributed by atoms with E-state index in [0.29, 0.717) is 0 Å². The maximum absolute atomic E-state index is 2.79. The van der Waals surface area contributed by atoms with Crippen molar-refractivity contribution >= 4 is 0 Å². The summed E-state index contributed by atoms with van der Waals surface area (Å²) < 4.78 is 0. The Balaban J connectivity index is 1.74. The van der Waals surface area contributed by atoms with Gasteiger partial charge in [0.15, 0.2) is 0 Å². The fourth-order valence-corrected chi connectivity index (χ4v) is 3.88. The highest BCUT2D eigenvalue weighted by Crippen LogP contribution is 2.39. The van der Waals surface area contributed by atoms with Gasteiger partial charge in [-0.25, -0.2) is 0 Å². The second-order valence-corrected chi connectivity index (χ2v) is 6.79. The van der Waals surface area contributed by atoms with Crippen molar-refractivity contribution in [3.8, 4) is 0 Å². The highest BCUT2D eigenvalue weighted by Gasteiger charge is 2.36. The van der Waals surface area contributed by atoms with Gasteiger partial charge in [0.05, 0.1) is 0 Å². The van der Waals surface area contributed by atoms with Gasteiger partial charge in [0.1, 0.15) is 0 Å². The Hall–Kier alpha value is -0.820. The average Bonchev–Trinajstić information content (AvgIpc) is 2.37. The predicted molar refractivity (Wildman–Crippen MR) is 81.3 cm³/mol. The summed E-state index contributed by atoms with van der Waals surface area (Å²) in [6.45, 7) is 7.45. The summed E-state index contributed by atoms with van der Waals surface area (Å²) in [5, 5.41) is 0. The number of benzene rings is 1. The average molecular weight is 257 g/mol. The summed E-state index contributed by atoms with van der Waals surface area (Å²) in [6, 6.07) is 12.1. The number of nitrogens with zero attached hydrogens (tertiary/aromatic N) is 1. The molecule has 0 amide bonds. The maximum atomic E-state index is 2.79. The molecular formula is C18H27N. The van der Waals surface area contributed by atoms with E-state index in [1.54, 1.807) is 5.56 Å². The van der Waals surface area contributed by atoms with E-state index in [9.17, 15) is 0 Å². The molecule has 1 aliphatic carbocycles. The van der Waals surface area contributed by atoms with Gasteiger partial charge in [0, 0.05) is 12.6 Å². The van der Waals surface area contributed by atoms with Gasteiger partial charge in [-0.15, -0.1) is 0 Å². The summed E-state index contributed by atoms with van der Waals surface area (Å²) in [7, 11) is 0.